The average Bonchev–Trinajstić information content (AvgIpc) is 1.85. The summed E-state index contributed by atoms with van der Waals surface area (Å²) in [6, 6.07) is -0.587. The van der Waals surface area contributed by atoms with E-state index in [9.17, 15) is 4.79 Å². The largest absolute Gasteiger partial charge is 0.480 e. The summed E-state index contributed by atoms with van der Waals surface area (Å²) in [5.41, 5.74) is -0.593. The second-order valence-corrected chi connectivity index (χ2v) is 3.18. The maximum Gasteiger partial charge on any atom is 0.323 e. The molecule has 4 heteroatoms. The number of carboxylic acids is 1. The van der Waals surface area contributed by atoms with Crippen LogP contribution < -0.4 is 5.32 Å². The molecular weight excluding hydrogens is 146 g/mol. The minimum atomic E-state index is -0.852. The summed E-state index contributed by atoms with van der Waals surface area (Å²) in [6.45, 7) is 4.74. The van der Waals surface area contributed by atoms with Gasteiger partial charge in [0.15, 0.2) is 0 Å². The van der Waals surface area contributed by atoms with Gasteiger partial charge in [-0.2, -0.15) is 0 Å². The Hall–Kier alpha value is -0.610. The Bertz CT molecular complexity index is 167. The third-order valence-electron chi connectivity index (χ3n) is 1.87. The third kappa shape index (κ3) is 1.70. The molecule has 1 rings (SSSR count). The van der Waals surface area contributed by atoms with E-state index in [0.29, 0.717) is 13.2 Å². The minimum absolute atomic E-state index is 0.580. The molecule has 1 aliphatic heterocycles. The summed E-state index contributed by atoms with van der Waals surface area (Å²) in [7, 11) is 0. The van der Waals surface area contributed by atoms with Crippen LogP contribution in [0.5, 0.6) is 0 Å². The number of carbonyl (C=O) groups is 1. The van der Waals surface area contributed by atoms with Gasteiger partial charge in [0.25, 0.3) is 0 Å². The van der Waals surface area contributed by atoms with Crippen molar-refractivity contribution in [1.29, 1.82) is 0 Å². The molecule has 0 amide bonds. The number of nitrogens with one attached hydrogen (secondary N) is 1. The van der Waals surface area contributed by atoms with Crippen molar-refractivity contribution in [1.82, 2.24) is 5.32 Å². The molecule has 2 N–H and O–H groups in total. The normalized spacial score (nSPS) is 29.8. The minimum Gasteiger partial charge on any atom is -0.480 e. The van der Waals surface area contributed by atoms with Crippen LogP contribution in [-0.2, 0) is 9.53 Å². The zero-order chi connectivity index (χ0) is 8.48. The van der Waals surface area contributed by atoms with E-state index in [0.717, 1.165) is 0 Å². The Balaban J connectivity index is 2.67. The van der Waals surface area contributed by atoms with Gasteiger partial charge >= 0.3 is 5.97 Å². The van der Waals surface area contributed by atoms with Gasteiger partial charge in [0, 0.05) is 6.54 Å². The summed E-state index contributed by atoms with van der Waals surface area (Å²) in [4.78, 5) is 10.6. The van der Waals surface area contributed by atoms with Gasteiger partial charge in [-0.3, -0.25) is 10.1 Å². The first-order valence-electron chi connectivity index (χ1n) is 3.64. The molecule has 4 nitrogen and oxygen atoms in total. The van der Waals surface area contributed by atoms with E-state index in [4.69, 9.17) is 9.84 Å². The molecule has 1 heterocycles. The molecule has 0 aromatic heterocycles. The maximum atomic E-state index is 10.6. The molecule has 1 fully saturated rings. The lowest BCUT2D eigenvalue weighted by molar-refractivity contribution is -0.153. The van der Waals surface area contributed by atoms with Crippen LogP contribution in [0.15, 0.2) is 0 Å². The monoisotopic (exact) mass is 159 g/mol. The van der Waals surface area contributed by atoms with Crippen LogP contribution in [0.1, 0.15) is 13.8 Å². The molecule has 1 unspecified atom stereocenters. The lowest BCUT2D eigenvalue weighted by Crippen LogP contribution is -2.58. The van der Waals surface area contributed by atoms with Gasteiger partial charge in [0.2, 0.25) is 0 Å². The van der Waals surface area contributed by atoms with Crippen molar-refractivity contribution in [3.8, 4) is 0 Å². The van der Waals surface area contributed by atoms with Crippen LogP contribution >= 0.6 is 0 Å². The topological polar surface area (TPSA) is 58.6 Å². The van der Waals surface area contributed by atoms with Gasteiger partial charge < -0.3 is 9.84 Å². The molecular formula is C7H13NO3. The van der Waals surface area contributed by atoms with Gasteiger partial charge in [-0.1, -0.05) is 0 Å². The zero-order valence-corrected chi connectivity index (χ0v) is 6.76. The van der Waals surface area contributed by atoms with E-state index in [2.05, 4.69) is 5.32 Å². The lowest BCUT2D eigenvalue weighted by atomic mass is 9.97. The molecule has 0 spiro atoms. The van der Waals surface area contributed by atoms with E-state index in [1.54, 1.807) is 13.8 Å². The first-order valence-corrected chi connectivity index (χ1v) is 3.64. The van der Waals surface area contributed by atoms with Crippen LogP contribution in [0.2, 0.25) is 0 Å². The van der Waals surface area contributed by atoms with Gasteiger partial charge in [-0.05, 0) is 13.8 Å². The molecule has 1 aliphatic rings. The quantitative estimate of drug-likeness (QED) is 0.558. The van der Waals surface area contributed by atoms with Crippen molar-refractivity contribution < 1.29 is 14.6 Å². The molecule has 0 radical (unpaired) electrons. The van der Waals surface area contributed by atoms with Crippen molar-refractivity contribution in [3.05, 3.63) is 0 Å². The highest BCUT2D eigenvalue weighted by Gasteiger charge is 2.38. The van der Waals surface area contributed by atoms with Crippen LogP contribution in [-0.4, -0.2) is 35.9 Å². The van der Waals surface area contributed by atoms with E-state index in [1.165, 1.54) is 0 Å². The van der Waals surface area contributed by atoms with Gasteiger partial charge in [0.1, 0.15) is 6.04 Å². The summed E-state index contributed by atoms with van der Waals surface area (Å²) in [5, 5.41) is 11.6. The van der Waals surface area contributed by atoms with E-state index >= 15 is 0 Å². The number of hydrogen-bond donors (Lipinski definition) is 2. The molecule has 1 saturated heterocycles. The lowest BCUT2D eigenvalue weighted by Gasteiger charge is -2.36. The zero-order valence-electron chi connectivity index (χ0n) is 6.76. The van der Waals surface area contributed by atoms with Crippen molar-refractivity contribution in [2.24, 2.45) is 0 Å². The Morgan fingerprint density at radius 2 is 2.36 bits per heavy atom. The molecule has 0 aliphatic carbocycles. The van der Waals surface area contributed by atoms with E-state index < -0.39 is 17.6 Å². The predicted octanol–water partition coefficient (Wildman–Crippen LogP) is -0.162. The standard InChI is InChI=1S/C7H13NO3/c1-7(2)5(6(9)10)8-3-4-11-7/h5,8H,3-4H2,1-2H3,(H,9,10). The second-order valence-electron chi connectivity index (χ2n) is 3.18. The highest BCUT2D eigenvalue weighted by molar-refractivity contribution is 5.75. The summed E-state index contributed by atoms with van der Waals surface area (Å²) < 4.78 is 5.30. The molecule has 1 atom stereocenters. The third-order valence-corrected chi connectivity index (χ3v) is 1.87. The Morgan fingerprint density at radius 1 is 1.73 bits per heavy atom. The molecule has 11 heavy (non-hydrogen) atoms. The van der Waals surface area contributed by atoms with Gasteiger partial charge in [-0.15, -0.1) is 0 Å². The number of aliphatic carboxylic acids is 1. The molecule has 64 valence electrons. The smallest absolute Gasteiger partial charge is 0.323 e. The fourth-order valence-corrected chi connectivity index (χ4v) is 1.23. The van der Waals surface area contributed by atoms with Gasteiger partial charge in [-0.25, -0.2) is 0 Å². The summed E-state index contributed by atoms with van der Waals surface area (Å²) >= 11 is 0. The Labute approximate surface area is 65.5 Å². The van der Waals surface area contributed by atoms with Crippen LogP contribution in [0, 0.1) is 0 Å². The summed E-state index contributed by atoms with van der Waals surface area (Å²) in [6.07, 6.45) is 0. The molecule has 0 aromatic carbocycles. The second kappa shape index (κ2) is 2.79. The average molecular weight is 159 g/mol. The number of morpholine rings is 1. The van der Waals surface area contributed by atoms with Crippen molar-refractivity contribution >= 4 is 5.97 Å². The number of ether oxygens (including phenoxy) is 1. The number of carboxylic acid groups (broad SMARTS) is 1. The SMILES string of the molecule is CC1(C)OCCNC1C(=O)O. The highest BCUT2D eigenvalue weighted by atomic mass is 16.5. The van der Waals surface area contributed by atoms with E-state index in [-0.39, 0.29) is 0 Å². The fraction of sp³-hybridized carbons (Fsp3) is 0.857. The van der Waals surface area contributed by atoms with E-state index in [1.807, 2.05) is 0 Å². The Morgan fingerprint density at radius 3 is 2.73 bits per heavy atom. The van der Waals surface area contributed by atoms with Crippen LogP contribution in [0.3, 0.4) is 0 Å². The van der Waals surface area contributed by atoms with Crippen molar-refractivity contribution in [2.75, 3.05) is 13.2 Å². The number of hydrogen-bond acceptors (Lipinski definition) is 3. The van der Waals surface area contributed by atoms with Crippen LogP contribution in [0.25, 0.3) is 0 Å². The first kappa shape index (κ1) is 8.49. The van der Waals surface area contributed by atoms with Crippen molar-refractivity contribution in [3.63, 3.8) is 0 Å². The van der Waals surface area contributed by atoms with Gasteiger partial charge in [0.05, 0.1) is 12.2 Å². The fourth-order valence-electron chi connectivity index (χ4n) is 1.23. The summed E-state index contributed by atoms with van der Waals surface area (Å²) in [5.74, 6) is -0.852. The highest BCUT2D eigenvalue weighted by Crippen LogP contribution is 2.17. The predicted molar refractivity (Wildman–Crippen MR) is 39.5 cm³/mol. The molecule has 0 aromatic rings. The first-order chi connectivity index (χ1) is 5.04. The van der Waals surface area contributed by atoms with Crippen molar-refractivity contribution in [2.45, 2.75) is 25.5 Å². The Kier molecular flexibility index (Phi) is 2.15. The maximum absolute atomic E-state index is 10.6. The molecule has 0 saturated carbocycles. The van der Waals surface area contributed by atoms with Crippen LogP contribution in [0.4, 0.5) is 0 Å². The number of rotatable bonds is 1. The molecule has 0 bridgehead atoms.